The van der Waals surface area contributed by atoms with Gasteiger partial charge in [0.25, 0.3) is 0 Å². The summed E-state index contributed by atoms with van der Waals surface area (Å²) < 4.78 is 13.1. The van der Waals surface area contributed by atoms with Gasteiger partial charge in [-0.25, -0.2) is 4.39 Å². The number of hydrogen-bond donors (Lipinski definition) is 1. The van der Waals surface area contributed by atoms with Gasteiger partial charge in [-0.1, -0.05) is 0 Å². The van der Waals surface area contributed by atoms with E-state index in [4.69, 9.17) is 5.26 Å². The number of hydroxylamine groups is 2. The van der Waals surface area contributed by atoms with E-state index in [1.807, 2.05) is 6.07 Å². The van der Waals surface area contributed by atoms with Gasteiger partial charge in [0.15, 0.2) is 5.83 Å². The van der Waals surface area contributed by atoms with Crippen LogP contribution in [0.15, 0.2) is 22.7 Å². The second kappa shape index (κ2) is 3.05. The zero-order chi connectivity index (χ0) is 9.30. The molecule has 0 aromatic carbocycles. The number of quaternary nitrogens is 1. The van der Waals surface area contributed by atoms with Crippen LogP contribution in [-0.4, -0.2) is 6.54 Å². The predicted molar refractivity (Wildman–Crippen MR) is 41.3 cm³/mol. The molecule has 0 spiro atoms. The van der Waals surface area contributed by atoms with Gasteiger partial charge in [0.1, 0.15) is 18.3 Å². The van der Waals surface area contributed by atoms with Gasteiger partial charge in [-0.3, -0.25) is 0 Å². The fourth-order valence-corrected chi connectivity index (χ4v) is 1.09. The Kier molecular flexibility index (Phi) is 2.27. The van der Waals surface area contributed by atoms with E-state index in [9.17, 15) is 9.60 Å². The van der Waals surface area contributed by atoms with Crippen LogP contribution in [0.1, 0.15) is 13.8 Å². The lowest BCUT2D eigenvalue weighted by Gasteiger charge is -2.26. The summed E-state index contributed by atoms with van der Waals surface area (Å²) in [6.07, 6.45) is 0. The van der Waals surface area contributed by atoms with E-state index in [0.717, 1.165) is 0 Å². The maximum absolute atomic E-state index is 13.1. The molecule has 0 saturated carbocycles. The van der Waals surface area contributed by atoms with E-state index in [2.05, 4.69) is 0 Å². The number of allylic oxidation sites excluding steroid dienone is 3. The first-order valence-corrected chi connectivity index (χ1v) is 3.57. The van der Waals surface area contributed by atoms with Crippen molar-refractivity contribution in [2.45, 2.75) is 13.8 Å². The van der Waals surface area contributed by atoms with Crippen LogP contribution in [0, 0.1) is 16.5 Å². The van der Waals surface area contributed by atoms with Gasteiger partial charge in [0.2, 0.25) is 0 Å². The van der Waals surface area contributed by atoms with Crippen LogP contribution in [0.25, 0.3) is 0 Å². The van der Waals surface area contributed by atoms with Crippen molar-refractivity contribution in [2.75, 3.05) is 6.54 Å². The Balaban J connectivity index is 3.17. The van der Waals surface area contributed by atoms with Gasteiger partial charge >= 0.3 is 0 Å². The molecule has 1 N–H and O–H groups in total. The maximum atomic E-state index is 13.1. The number of nitrogens with one attached hydrogen (secondary N) is 1. The molecular formula is C8H9FN2O. The van der Waals surface area contributed by atoms with Gasteiger partial charge in [-0.05, 0) is 6.92 Å². The van der Waals surface area contributed by atoms with Gasteiger partial charge in [-0.15, -0.1) is 0 Å². The molecule has 0 amide bonds. The molecule has 0 aromatic rings. The van der Waals surface area contributed by atoms with E-state index in [-0.39, 0.29) is 22.9 Å². The lowest BCUT2D eigenvalue weighted by atomic mass is 10.1. The molecule has 0 fully saturated rings. The monoisotopic (exact) mass is 168 g/mol. The maximum Gasteiger partial charge on any atom is 0.183 e. The second-order valence-electron chi connectivity index (χ2n) is 2.75. The Morgan fingerprint density at radius 2 is 2.17 bits per heavy atom. The molecule has 1 rings (SSSR count). The molecule has 3 nitrogen and oxygen atoms in total. The summed E-state index contributed by atoms with van der Waals surface area (Å²) in [4.78, 5) is 0. The number of nitriles is 1. The molecule has 1 aliphatic rings. The summed E-state index contributed by atoms with van der Waals surface area (Å²) in [6, 6.07) is 1.82. The fraction of sp³-hybridized carbons (Fsp3) is 0.375. The van der Waals surface area contributed by atoms with Crippen molar-refractivity contribution < 1.29 is 9.45 Å². The summed E-state index contributed by atoms with van der Waals surface area (Å²) >= 11 is 0. The summed E-state index contributed by atoms with van der Waals surface area (Å²) in [5.41, 5.74) is 0.671. The van der Waals surface area contributed by atoms with E-state index in [1.165, 1.54) is 13.8 Å². The predicted octanol–water partition coefficient (Wildman–Crippen LogP) is 0.424. The smallest absolute Gasteiger partial charge is 0.183 e. The quantitative estimate of drug-likeness (QED) is 0.533. The normalized spacial score (nSPS) is 24.4. The minimum Gasteiger partial charge on any atom is -0.629 e. The number of halogens is 1. The van der Waals surface area contributed by atoms with Crippen LogP contribution in [0.5, 0.6) is 0 Å². The minimum atomic E-state index is -0.539. The first-order valence-electron chi connectivity index (χ1n) is 3.57. The zero-order valence-electron chi connectivity index (χ0n) is 6.94. The molecule has 12 heavy (non-hydrogen) atoms. The zero-order valence-corrected chi connectivity index (χ0v) is 6.94. The number of rotatable bonds is 0. The van der Waals surface area contributed by atoms with Crippen molar-refractivity contribution in [1.82, 2.24) is 0 Å². The molecule has 1 aliphatic heterocycles. The molecule has 0 bridgehead atoms. The minimum absolute atomic E-state index is 0.0432. The average Bonchev–Trinajstić information content (AvgIpc) is 2.08. The van der Waals surface area contributed by atoms with Crippen molar-refractivity contribution >= 4 is 0 Å². The highest BCUT2D eigenvalue weighted by molar-refractivity contribution is 5.39. The molecule has 1 heterocycles. The molecule has 1 unspecified atom stereocenters. The fourth-order valence-electron chi connectivity index (χ4n) is 1.09. The van der Waals surface area contributed by atoms with Crippen molar-refractivity contribution in [2.24, 2.45) is 0 Å². The Hall–Kier alpha value is -1.18. The Morgan fingerprint density at radius 1 is 1.58 bits per heavy atom. The summed E-state index contributed by atoms with van der Waals surface area (Å²) in [7, 11) is 0. The van der Waals surface area contributed by atoms with Crippen LogP contribution in [-0.2, 0) is 0 Å². The van der Waals surface area contributed by atoms with E-state index in [1.54, 1.807) is 0 Å². The second-order valence-corrected chi connectivity index (χ2v) is 2.75. The highest BCUT2D eigenvalue weighted by Gasteiger charge is 2.22. The number of hydrogen-bond acceptors (Lipinski definition) is 2. The van der Waals surface area contributed by atoms with Crippen molar-refractivity contribution in [3.8, 4) is 6.07 Å². The SMILES string of the molecule is CC1=C(C#N)C[NH+]([O-])C(C)=C1F. The summed E-state index contributed by atoms with van der Waals surface area (Å²) in [6.45, 7) is 3.00. The Labute approximate surface area is 70.0 Å². The lowest BCUT2D eigenvalue weighted by Crippen LogP contribution is -3.05. The van der Waals surface area contributed by atoms with E-state index >= 15 is 0 Å². The molecule has 0 aliphatic carbocycles. The highest BCUT2D eigenvalue weighted by Crippen LogP contribution is 2.19. The highest BCUT2D eigenvalue weighted by atomic mass is 19.1. The molecule has 4 heteroatoms. The van der Waals surface area contributed by atoms with Gasteiger partial charge in [-0.2, -0.15) is 5.26 Å². The molecule has 64 valence electrons. The van der Waals surface area contributed by atoms with Gasteiger partial charge < -0.3 is 10.3 Å². The van der Waals surface area contributed by atoms with Gasteiger partial charge in [0, 0.05) is 12.5 Å². The van der Waals surface area contributed by atoms with Crippen molar-refractivity contribution in [1.29, 1.82) is 5.26 Å². The average molecular weight is 168 g/mol. The molecule has 0 saturated heterocycles. The molecule has 1 atom stereocenters. The topological polar surface area (TPSA) is 51.3 Å². The van der Waals surface area contributed by atoms with Crippen LogP contribution in [0.3, 0.4) is 0 Å². The van der Waals surface area contributed by atoms with Crippen LogP contribution >= 0.6 is 0 Å². The first-order chi connectivity index (χ1) is 5.57. The van der Waals surface area contributed by atoms with Crippen LogP contribution in [0.2, 0.25) is 0 Å². The summed E-state index contributed by atoms with van der Waals surface area (Å²) in [5.74, 6) is -0.539. The Morgan fingerprint density at radius 3 is 2.67 bits per heavy atom. The third-order valence-electron chi connectivity index (χ3n) is 2.00. The molecule has 0 radical (unpaired) electrons. The molecule has 0 aromatic heterocycles. The third-order valence-corrected chi connectivity index (χ3v) is 2.00. The van der Waals surface area contributed by atoms with Gasteiger partial charge in [0.05, 0.1) is 5.57 Å². The lowest BCUT2D eigenvalue weighted by molar-refractivity contribution is -0.802. The Bertz CT molecular complexity index is 312. The van der Waals surface area contributed by atoms with Crippen LogP contribution in [0.4, 0.5) is 4.39 Å². The standard InChI is InChI=1S/C8H9FN2O/c1-5-7(3-10)4-11(12)6(2)8(5)9/h11H,4H2,1-2H3. The van der Waals surface area contributed by atoms with Crippen molar-refractivity contribution in [3.63, 3.8) is 0 Å². The third kappa shape index (κ3) is 1.24. The van der Waals surface area contributed by atoms with Crippen LogP contribution < -0.4 is 5.06 Å². The van der Waals surface area contributed by atoms with E-state index in [0.29, 0.717) is 5.57 Å². The molecular weight excluding hydrogens is 159 g/mol. The summed E-state index contributed by atoms with van der Waals surface area (Å²) in [5, 5.41) is 19.3. The van der Waals surface area contributed by atoms with E-state index < -0.39 is 5.83 Å². The largest absolute Gasteiger partial charge is 0.629 e. The first kappa shape index (κ1) is 8.91. The van der Waals surface area contributed by atoms with Crippen molar-refractivity contribution in [3.05, 3.63) is 27.9 Å². The number of nitrogens with zero attached hydrogens (tertiary/aromatic N) is 1.